The highest BCUT2D eigenvalue weighted by molar-refractivity contribution is 14.0. The van der Waals surface area contributed by atoms with Gasteiger partial charge >= 0.3 is 6.09 Å². The zero-order chi connectivity index (χ0) is 21.9. The minimum Gasteiger partial charge on any atom is -0.450 e. The number of halogens is 1. The third-order valence-electron chi connectivity index (χ3n) is 5.72. The molecule has 0 radical (unpaired) electrons. The van der Waals surface area contributed by atoms with Gasteiger partial charge < -0.3 is 29.7 Å². The maximum atomic E-state index is 11.8. The van der Waals surface area contributed by atoms with Crippen molar-refractivity contribution in [2.24, 2.45) is 4.99 Å². The second-order valence-electron chi connectivity index (χ2n) is 7.97. The van der Waals surface area contributed by atoms with E-state index in [0.29, 0.717) is 45.0 Å². The smallest absolute Gasteiger partial charge is 0.409 e. The van der Waals surface area contributed by atoms with Crippen LogP contribution in [0.15, 0.2) is 29.3 Å². The van der Waals surface area contributed by atoms with Gasteiger partial charge in [0.1, 0.15) is 0 Å². The number of aliphatic imine (C=N–C) groups is 1. The summed E-state index contributed by atoms with van der Waals surface area (Å²) in [5.41, 5.74) is 2.38. The van der Waals surface area contributed by atoms with Gasteiger partial charge in [0.15, 0.2) is 5.96 Å². The third-order valence-corrected chi connectivity index (χ3v) is 5.72. The highest BCUT2D eigenvalue weighted by Gasteiger charge is 2.24. The molecule has 0 aliphatic carbocycles. The lowest BCUT2D eigenvalue weighted by Crippen LogP contribution is -2.49. The molecule has 0 spiro atoms. The molecule has 1 aromatic rings. The van der Waals surface area contributed by atoms with Crippen LogP contribution in [0, 0.1) is 0 Å². The number of nitrogens with zero attached hydrogens (tertiary/aromatic N) is 2. The standard InChI is InChI=1S/C23H36N4O4.HI/c1-3-30-23(28)27-12-8-20(9-13-27)26-22(24-2)25-16-18-4-6-19(7-5-18)17-31-21-10-14-29-15-11-21;/h4-7,20-21H,3,8-17H2,1-2H3,(H2,24,25,26);1H. The Morgan fingerprint density at radius 3 is 2.41 bits per heavy atom. The number of piperidine rings is 1. The van der Waals surface area contributed by atoms with Crippen LogP contribution < -0.4 is 10.6 Å². The fourth-order valence-electron chi connectivity index (χ4n) is 3.80. The topological polar surface area (TPSA) is 84.4 Å². The number of rotatable bonds is 7. The number of likely N-dealkylation sites (tertiary alicyclic amines) is 1. The van der Waals surface area contributed by atoms with Crippen LogP contribution in [-0.2, 0) is 27.4 Å². The molecule has 0 bridgehead atoms. The fraction of sp³-hybridized carbons (Fsp3) is 0.652. The van der Waals surface area contributed by atoms with Gasteiger partial charge in [-0.2, -0.15) is 0 Å². The molecule has 180 valence electrons. The Balaban J connectivity index is 0.00000363. The van der Waals surface area contributed by atoms with Gasteiger partial charge in [-0.15, -0.1) is 24.0 Å². The van der Waals surface area contributed by atoms with E-state index >= 15 is 0 Å². The van der Waals surface area contributed by atoms with Crippen LogP contribution in [0.25, 0.3) is 0 Å². The molecule has 32 heavy (non-hydrogen) atoms. The molecule has 2 saturated heterocycles. The molecule has 2 aliphatic rings. The monoisotopic (exact) mass is 560 g/mol. The maximum Gasteiger partial charge on any atom is 0.409 e. The molecule has 0 unspecified atom stereocenters. The highest BCUT2D eigenvalue weighted by Crippen LogP contribution is 2.14. The van der Waals surface area contributed by atoms with Crippen molar-refractivity contribution in [1.29, 1.82) is 0 Å². The molecular formula is C23H37IN4O4. The van der Waals surface area contributed by atoms with Crippen molar-refractivity contribution in [2.45, 2.75) is 57.9 Å². The fourth-order valence-corrected chi connectivity index (χ4v) is 3.80. The molecular weight excluding hydrogens is 523 g/mol. The van der Waals surface area contributed by atoms with Gasteiger partial charge in [0.25, 0.3) is 0 Å². The molecule has 0 saturated carbocycles. The first-order chi connectivity index (χ1) is 15.2. The van der Waals surface area contributed by atoms with E-state index in [9.17, 15) is 4.79 Å². The van der Waals surface area contributed by atoms with Crippen molar-refractivity contribution in [1.82, 2.24) is 15.5 Å². The number of benzene rings is 1. The SMILES string of the molecule is CCOC(=O)N1CCC(NC(=NC)NCc2ccc(COC3CCOCC3)cc2)CC1.I. The molecule has 2 aliphatic heterocycles. The Morgan fingerprint density at radius 1 is 1.12 bits per heavy atom. The third kappa shape index (κ3) is 8.74. The van der Waals surface area contributed by atoms with E-state index in [1.54, 1.807) is 11.9 Å². The van der Waals surface area contributed by atoms with Crippen LogP contribution in [0.4, 0.5) is 4.79 Å². The summed E-state index contributed by atoms with van der Waals surface area (Å²) in [6.07, 6.45) is 3.81. The van der Waals surface area contributed by atoms with Crippen LogP contribution in [0.5, 0.6) is 0 Å². The maximum absolute atomic E-state index is 11.8. The van der Waals surface area contributed by atoms with Crippen molar-refractivity contribution < 1.29 is 19.0 Å². The lowest BCUT2D eigenvalue weighted by Gasteiger charge is -2.32. The molecule has 8 nitrogen and oxygen atoms in total. The lowest BCUT2D eigenvalue weighted by atomic mass is 10.1. The normalized spacial score (nSPS) is 18.1. The summed E-state index contributed by atoms with van der Waals surface area (Å²) in [4.78, 5) is 17.9. The Morgan fingerprint density at radius 2 is 1.78 bits per heavy atom. The predicted molar refractivity (Wildman–Crippen MR) is 135 cm³/mol. The summed E-state index contributed by atoms with van der Waals surface area (Å²) < 4.78 is 16.4. The van der Waals surface area contributed by atoms with E-state index in [2.05, 4.69) is 39.9 Å². The van der Waals surface area contributed by atoms with Crippen LogP contribution >= 0.6 is 24.0 Å². The summed E-state index contributed by atoms with van der Waals surface area (Å²) >= 11 is 0. The summed E-state index contributed by atoms with van der Waals surface area (Å²) in [6.45, 7) is 6.59. The van der Waals surface area contributed by atoms with E-state index in [4.69, 9.17) is 14.2 Å². The molecule has 1 amide bonds. The molecule has 0 atom stereocenters. The van der Waals surface area contributed by atoms with Crippen LogP contribution in [0.1, 0.15) is 43.7 Å². The second-order valence-corrected chi connectivity index (χ2v) is 7.97. The number of carbonyl (C=O) groups excluding carboxylic acids is 1. The Bertz CT molecular complexity index is 702. The molecule has 2 fully saturated rings. The average molecular weight is 560 g/mol. The van der Waals surface area contributed by atoms with E-state index in [0.717, 1.165) is 44.9 Å². The van der Waals surface area contributed by atoms with Crippen molar-refractivity contribution in [3.05, 3.63) is 35.4 Å². The number of hydrogen-bond donors (Lipinski definition) is 2. The Labute approximate surface area is 208 Å². The molecule has 1 aromatic carbocycles. The lowest BCUT2D eigenvalue weighted by molar-refractivity contribution is -0.0390. The number of carbonyl (C=O) groups is 1. The molecule has 2 N–H and O–H groups in total. The summed E-state index contributed by atoms with van der Waals surface area (Å²) in [6, 6.07) is 8.79. The van der Waals surface area contributed by atoms with Gasteiger partial charge in [-0.05, 0) is 43.7 Å². The summed E-state index contributed by atoms with van der Waals surface area (Å²) in [5.74, 6) is 0.779. The average Bonchev–Trinajstić information content (AvgIpc) is 2.82. The van der Waals surface area contributed by atoms with Crippen LogP contribution in [0.3, 0.4) is 0 Å². The molecule has 3 rings (SSSR count). The van der Waals surface area contributed by atoms with Gasteiger partial charge in [-0.1, -0.05) is 24.3 Å². The first-order valence-corrected chi connectivity index (χ1v) is 11.3. The Kier molecular flexibility index (Phi) is 12.1. The number of ether oxygens (including phenoxy) is 3. The molecule has 9 heteroatoms. The van der Waals surface area contributed by atoms with E-state index in [1.165, 1.54) is 11.1 Å². The minimum atomic E-state index is -0.218. The van der Waals surface area contributed by atoms with E-state index < -0.39 is 0 Å². The van der Waals surface area contributed by atoms with Crippen molar-refractivity contribution >= 4 is 36.0 Å². The van der Waals surface area contributed by atoms with Gasteiger partial charge in [0.05, 0.1) is 19.3 Å². The van der Waals surface area contributed by atoms with E-state index in [1.807, 2.05) is 6.92 Å². The molecule has 2 heterocycles. The first-order valence-electron chi connectivity index (χ1n) is 11.3. The van der Waals surface area contributed by atoms with Crippen molar-refractivity contribution in [3.63, 3.8) is 0 Å². The number of nitrogens with one attached hydrogen (secondary N) is 2. The van der Waals surface area contributed by atoms with Gasteiger partial charge in [0, 0.05) is 45.9 Å². The van der Waals surface area contributed by atoms with Crippen molar-refractivity contribution in [2.75, 3.05) is 40.0 Å². The second kappa shape index (κ2) is 14.5. The predicted octanol–water partition coefficient (Wildman–Crippen LogP) is 3.29. The van der Waals surface area contributed by atoms with Gasteiger partial charge in [-0.3, -0.25) is 4.99 Å². The van der Waals surface area contributed by atoms with Gasteiger partial charge in [0.2, 0.25) is 0 Å². The highest BCUT2D eigenvalue weighted by atomic mass is 127. The summed E-state index contributed by atoms with van der Waals surface area (Å²) in [7, 11) is 1.78. The zero-order valence-electron chi connectivity index (χ0n) is 19.2. The quantitative estimate of drug-likeness (QED) is 0.303. The first kappa shape index (κ1) is 26.7. The summed E-state index contributed by atoms with van der Waals surface area (Å²) in [5, 5.41) is 6.84. The van der Waals surface area contributed by atoms with E-state index in [-0.39, 0.29) is 30.1 Å². The van der Waals surface area contributed by atoms with Crippen LogP contribution in [-0.4, -0.2) is 69.1 Å². The molecule has 0 aromatic heterocycles. The van der Waals surface area contributed by atoms with Gasteiger partial charge in [-0.25, -0.2) is 4.79 Å². The minimum absolute atomic E-state index is 0. The number of guanidine groups is 1. The number of amides is 1. The Hall–Kier alpha value is -1.59. The largest absolute Gasteiger partial charge is 0.450 e. The van der Waals surface area contributed by atoms with Crippen LogP contribution in [0.2, 0.25) is 0 Å². The zero-order valence-corrected chi connectivity index (χ0v) is 21.5. The van der Waals surface area contributed by atoms with Crippen molar-refractivity contribution in [3.8, 4) is 0 Å². The number of hydrogen-bond acceptors (Lipinski definition) is 5.